The van der Waals surface area contributed by atoms with Gasteiger partial charge in [-0.2, -0.15) is 0 Å². The lowest BCUT2D eigenvalue weighted by Crippen LogP contribution is -2.30. The van der Waals surface area contributed by atoms with Crippen LogP contribution in [0.25, 0.3) is 10.8 Å². The first-order valence-electron chi connectivity index (χ1n) is 11.7. The number of fused-ring (bicyclic) bond motifs is 2. The zero-order chi connectivity index (χ0) is 21.3. The van der Waals surface area contributed by atoms with E-state index in [4.69, 9.17) is 0 Å². The van der Waals surface area contributed by atoms with E-state index in [0.29, 0.717) is 23.6 Å². The summed E-state index contributed by atoms with van der Waals surface area (Å²) in [6.45, 7) is 4.20. The quantitative estimate of drug-likeness (QED) is 0.430. The summed E-state index contributed by atoms with van der Waals surface area (Å²) in [5, 5.41) is 0.291. The summed E-state index contributed by atoms with van der Waals surface area (Å²) in [6.07, 6.45) is 13.0. The molecule has 0 N–H and O–H groups in total. The number of aryl methyl sites for hydroxylation is 1. The minimum Gasteiger partial charge on any atom is -0.207 e. The Balaban J connectivity index is 1.62. The van der Waals surface area contributed by atoms with Crippen molar-refractivity contribution in [2.45, 2.75) is 77.6 Å². The average molecular weight is 415 g/mol. The smallest absolute Gasteiger partial charge is 0.140 e. The van der Waals surface area contributed by atoms with Crippen LogP contribution in [0.1, 0.15) is 82.3 Å². The number of allylic oxidation sites excluding steroid dienone is 2. The first kappa shape index (κ1) is 21.5. The van der Waals surface area contributed by atoms with Gasteiger partial charge in [0.15, 0.2) is 0 Å². The highest BCUT2D eigenvalue weighted by Gasteiger charge is 2.37. The Bertz CT molecular complexity index is 930. The van der Waals surface area contributed by atoms with E-state index in [1.54, 1.807) is 6.07 Å². The lowest BCUT2D eigenvalue weighted by Gasteiger charge is -2.42. The third-order valence-corrected chi connectivity index (χ3v) is 7.72. The van der Waals surface area contributed by atoms with E-state index in [2.05, 4.69) is 6.92 Å². The lowest BCUT2D eigenvalue weighted by atomic mass is 9.63. The van der Waals surface area contributed by atoms with Gasteiger partial charge in [-0.1, -0.05) is 38.0 Å². The zero-order valence-electron chi connectivity index (χ0n) is 18.2. The van der Waals surface area contributed by atoms with Crippen molar-refractivity contribution < 1.29 is 13.2 Å². The molecule has 0 nitrogen and oxygen atoms in total. The molecule has 4 rings (SSSR count). The van der Waals surface area contributed by atoms with Crippen LogP contribution in [-0.2, 0) is 6.42 Å². The maximum Gasteiger partial charge on any atom is 0.140 e. The minimum atomic E-state index is -0.673. The highest BCUT2D eigenvalue weighted by atomic mass is 19.1. The van der Waals surface area contributed by atoms with Gasteiger partial charge in [-0.3, -0.25) is 0 Å². The molecule has 0 aromatic heterocycles. The molecular formula is C27H33F3. The molecule has 2 aliphatic rings. The molecule has 0 bridgehead atoms. The van der Waals surface area contributed by atoms with Crippen LogP contribution < -0.4 is 0 Å². The van der Waals surface area contributed by atoms with E-state index in [0.717, 1.165) is 37.2 Å². The van der Waals surface area contributed by atoms with Crippen molar-refractivity contribution in [3.63, 3.8) is 0 Å². The fourth-order valence-corrected chi connectivity index (χ4v) is 6.04. The van der Waals surface area contributed by atoms with E-state index < -0.39 is 17.5 Å². The second-order valence-electron chi connectivity index (χ2n) is 9.49. The highest BCUT2D eigenvalue weighted by Crippen LogP contribution is 2.49. The Morgan fingerprint density at radius 3 is 2.47 bits per heavy atom. The Hall–Kier alpha value is -1.77. The average Bonchev–Trinajstić information content (AvgIpc) is 2.73. The van der Waals surface area contributed by atoms with Gasteiger partial charge in [-0.25, -0.2) is 13.2 Å². The first-order valence-corrected chi connectivity index (χ1v) is 11.7. The molecule has 4 atom stereocenters. The van der Waals surface area contributed by atoms with E-state index in [9.17, 15) is 4.39 Å². The molecule has 0 spiro atoms. The summed E-state index contributed by atoms with van der Waals surface area (Å²) in [7, 11) is 0. The molecule has 2 aromatic rings. The third kappa shape index (κ3) is 4.18. The normalized spacial score (nSPS) is 27.0. The second kappa shape index (κ2) is 9.16. The zero-order valence-corrected chi connectivity index (χ0v) is 18.2. The summed E-state index contributed by atoms with van der Waals surface area (Å²) in [5.41, 5.74) is 0.900. The number of rotatable bonds is 5. The SMILES string of the molecule is C/C=C/CCc1cc(F)c2c(F)c([C@@H]3CC[C@@H]4CC(CC)CCC4C3)c(F)cc2c1. The summed E-state index contributed by atoms with van der Waals surface area (Å²) < 4.78 is 45.4. The van der Waals surface area contributed by atoms with Crippen LogP contribution in [0.4, 0.5) is 13.2 Å². The molecule has 2 unspecified atom stereocenters. The van der Waals surface area contributed by atoms with Gasteiger partial charge >= 0.3 is 0 Å². The van der Waals surface area contributed by atoms with Crippen LogP contribution in [0.5, 0.6) is 0 Å². The summed E-state index contributed by atoms with van der Waals surface area (Å²) in [4.78, 5) is 0. The largest absolute Gasteiger partial charge is 0.207 e. The number of hydrogen-bond donors (Lipinski definition) is 0. The van der Waals surface area contributed by atoms with Crippen molar-refractivity contribution in [3.05, 3.63) is 58.9 Å². The maximum atomic E-state index is 15.5. The van der Waals surface area contributed by atoms with Crippen LogP contribution in [-0.4, -0.2) is 0 Å². The topological polar surface area (TPSA) is 0 Å². The Morgan fingerprint density at radius 2 is 1.70 bits per heavy atom. The van der Waals surface area contributed by atoms with E-state index in [1.807, 2.05) is 19.1 Å². The van der Waals surface area contributed by atoms with E-state index in [-0.39, 0.29) is 16.9 Å². The molecular weight excluding hydrogens is 381 g/mol. The van der Waals surface area contributed by atoms with Gasteiger partial charge in [0.05, 0.1) is 5.39 Å². The number of benzene rings is 2. The van der Waals surface area contributed by atoms with Gasteiger partial charge in [-0.05, 0) is 98.6 Å². The maximum absolute atomic E-state index is 15.5. The molecule has 162 valence electrons. The van der Waals surface area contributed by atoms with Crippen molar-refractivity contribution in [1.82, 2.24) is 0 Å². The molecule has 3 heteroatoms. The Kier molecular flexibility index (Phi) is 6.55. The fraction of sp³-hybridized carbons (Fsp3) is 0.556. The van der Waals surface area contributed by atoms with Crippen molar-refractivity contribution in [2.24, 2.45) is 17.8 Å². The van der Waals surface area contributed by atoms with Crippen LogP contribution in [0.15, 0.2) is 30.4 Å². The van der Waals surface area contributed by atoms with Crippen molar-refractivity contribution in [2.75, 3.05) is 0 Å². The van der Waals surface area contributed by atoms with Crippen LogP contribution >= 0.6 is 0 Å². The molecule has 0 radical (unpaired) electrons. The van der Waals surface area contributed by atoms with Crippen molar-refractivity contribution >= 4 is 10.8 Å². The first-order chi connectivity index (χ1) is 14.5. The Labute approximate surface area is 178 Å². The van der Waals surface area contributed by atoms with Gasteiger partial charge in [0.1, 0.15) is 17.5 Å². The summed E-state index contributed by atoms with van der Waals surface area (Å²) in [6, 6.07) is 4.51. The van der Waals surface area contributed by atoms with Crippen molar-refractivity contribution in [1.29, 1.82) is 0 Å². The van der Waals surface area contributed by atoms with Crippen molar-refractivity contribution in [3.8, 4) is 0 Å². The summed E-state index contributed by atoms with van der Waals surface area (Å²) >= 11 is 0. The molecule has 0 saturated heterocycles. The molecule has 2 fully saturated rings. The fourth-order valence-electron chi connectivity index (χ4n) is 6.04. The van der Waals surface area contributed by atoms with Gasteiger partial charge in [0.2, 0.25) is 0 Å². The molecule has 2 saturated carbocycles. The highest BCUT2D eigenvalue weighted by molar-refractivity contribution is 5.85. The molecule has 30 heavy (non-hydrogen) atoms. The van der Waals surface area contributed by atoms with E-state index in [1.165, 1.54) is 37.8 Å². The van der Waals surface area contributed by atoms with Gasteiger partial charge in [0, 0.05) is 5.56 Å². The summed E-state index contributed by atoms with van der Waals surface area (Å²) in [5.74, 6) is 0.182. The third-order valence-electron chi connectivity index (χ3n) is 7.72. The van der Waals surface area contributed by atoms with Gasteiger partial charge in [0.25, 0.3) is 0 Å². The molecule has 0 aliphatic heterocycles. The molecule has 2 aromatic carbocycles. The standard InChI is InChI=1S/C27H33F3/c1-3-5-6-7-18-13-22-16-24(29)25(27(30)26(22)23(28)14-18)21-11-10-19-12-17(4-2)8-9-20(19)15-21/h3,5,13-14,16-17,19-21H,4,6-12,15H2,1-2H3/b5-3+/t17?,19-,20?,21-/m1/s1. The van der Waals surface area contributed by atoms with E-state index >= 15 is 8.78 Å². The number of hydrogen-bond acceptors (Lipinski definition) is 0. The van der Waals surface area contributed by atoms with Crippen LogP contribution in [0.3, 0.4) is 0 Å². The predicted octanol–water partition coefficient (Wildman–Crippen LogP) is 8.48. The molecule has 0 heterocycles. The second-order valence-corrected chi connectivity index (χ2v) is 9.49. The number of halogens is 3. The lowest BCUT2D eigenvalue weighted by molar-refractivity contribution is 0.115. The predicted molar refractivity (Wildman–Crippen MR) is 118 cm³/mol. The Morgan fingerprint density at radius 1 is 0.933 bits per heavy atom. The van der Waals surface area contributed by atoms with Gasteiger partial charge < -0.3 is 0 Å². The molecule has 2 aliphatic carbocycles. The van der Waals surface area contributed by atoms with Gasteiger partial charge in [-0.15, -0.1) is 0 Å². The van der Waals surface area contributed by atoms with Crippen LogP contribution in [0.2, 0.25) is 0 Å². The molecule has 0 amide bonds. The monoisotopic (exact) mass is 414 g/mol. The van der Waals surface area contributed by atoms with Crippen LogP contribution in [0, 0.1) is 35.2 Å². The minimum absolute atomic E-state index is 0.0435.